The summed E-state index contributed by atoms with van der Waals surface area (Å²) in [6.45, 7) is 0.401. The van der Waals surface area contributed by atoms with Gasteiger partial charge in [0.05, 0.1) is 10.6 Å². The van der Waals surface area contributed by atoms with E-state index < -0.39 is 11.6 Å². The number of ether oxygens (including phenoxy) is 1. The van der Waals surface area contributed by atoms with Gasteiger partial charge in [-0.2, -0.15) is 0 Å². The van der Waals surface area contributed by atoms with Crippen LogP contribution in [0.2, 0.25) is 5.02 Å². The lowest BCUT2D eigenvalue weighted by atomic mass is 10.00. The maximum Gasteiger partial charge on any atom is 0.252 e. The monoisotopic (exact) mass is 451 g/mol. The molecule has 1 atom stereocenters. The second-order valence-corrected chi connectivity index (χ2v) is 8.67. The lowest BCUT2D eigenvalue weighted by Crippen LogP contribution is -2.52. The number of carbonyl (C=O) groups excluding carboxylic acids is 2. The molecule has 3 N–H and O–H groups in total. The van der Waals surface area contributed by atoms with Gasteiger partial charge in [-0.15, -0.1) is 0 Å². The average Bonchev–Trinajstić information content (AvgIpc) is 3.56. The molecule has 1 aliphatic carbocycles. The SMILES string of the molecule is N=CC1(NC(=O)[C@@H]2Cc3ccc(c(Cl)c3)OC/C=C/CCc3ccccc3C(=O)N2)CC1. The first kappa shape index (κ1) is 22.1. The van der Waals surface area contributed by atoms with Gasteiger partial charge in [0.1, 0.15) is 18.4 Å². The van der Waals surface area contributed by atoms with Crippen molar-refractivity contribution < 1.29 is 14.3 Å². The van der Waals surface area contributed by atoms with Crippen LogP contribution in [0.5, 0.6) is 5.75 Å². The van der Waals surface area contributed by atoms with Gasteiger partial charge >= 0.3 is 0 Å². The summed E-state index contributed by atoms with van der Waals surface area (Å²) in [5.74, 6) is -0.0248. The van der Waals surface area contributed by atoms with Crippen LogP contribution in [0.1, 0.15) is 40.7 Å². The van der Waals surface area contributed by atoms with Crippen LogP contribution in [0.3, 0.4) is 0 Å². The molecule has 2 aromatic carbocycles. The van der Waals surface area contributed by atoms with Gasteiger partial charge in [0.15, 0.2) is 0 Å². The Morgan fingerprint density at radius 2 is 2.03 bits per heavy atom. The number of aryl methyl sites for hydroxylation is 1. The molecule has 2 heterocycles. The van der Waals surface area contributed by atoms with Crippen molar-refractivity contribution in [2.24, 2.45) is 0 Å². The van der Waals surface area contributed by atoms with Crippen LogP contribution >= 0.6 is 11.6 Å². The van der Waals surface area contributed by atoms with E-state index in [0.717, 1.165) is 30.4 Å². The van der Waals surface area contributed by atoms with Crippen LogP contribution in [0.15, 0.2) is 54.6 Å². The molecule has 2 bridgehead atoms. The highest BCUT2D eigenvalue weighted by Crippen LogP contribution is 2.33. The second-order valence-electron chi connectivity index (χ2n) is 8.26. The number of hydrogen-bond donors (Lipinski definition) is 3. The minimum atomic E-state index is -0.802. The maximum absolute atomic E-state index is 13.2. The maximum atomic E-state index is 13.2. The standard InChI is InChI=1S/C25H26ClN3O3/c26-20-14-17-9-10-22(20)32-13-5-1-2-6-18-7-3-4-8-19(18)23(30)28-21(15-17)24(31)29-25(16-27)11-12-25/h1,3-5,7-10,14,16,21,27H,2,6,11-13,15H2,(H,28,30)(H,29,31)/b5-1+,27-16?/t21-/m0/s1. The van der Waals surface area contributed by atoms with E-state index in [0.29, 0.717) is 29.4 Å². The third-order valence-electron chi connectivity index (χ3n) is 5.84. The van der Waals surface area contributed by atoms with Crippen molar-refractivity contribution in [3.8, 4) is 5.75 Å². The van der Waals surface area contributed by atoms with Crippen molar-refractivity contribution in [3.05, 3.63) is 76.3 Å². The summed E-state index contributed by atoms with van der Waals surface area (Å²) < 4.78 is 5.75. The number of amides is 2. The van der Waals surface area contributed by atoms with Gasteiger partial charge in [-0.05, 0) is 55.0 Å². The Kier molecular flexibility index (Phi) is 6.61. The van der Waals surface area contributed by atoms with E-state index in [9.17, 15) is 9.59 Å². The molecule has 2 aliphatic heterocycles. The van der Waals surface area contributed by atoms with E-state index in [2.05, 4.69) is 10.6 Å². The molecular weight excluding hydrogens is 426 g/mol. The lowest BCUT2D eigenvalue weighted by molar-refractivity contribution is -0.123. The molecule has 32 heavy (non-hydrogen) atoms. The second kappa shape index (κ2) is 9.57. The quantitative estimate of drug-likeness (QED) is 0.488. The molecule has 5 rings (SSSR count). The minimum Gasteiger partial charge on any atom is -0.488 e. The van der Waals surface area contributed by atoms with Crippen LogP contribution in [-0.2, 0) is 17.6 Å². The zero-order valence-corrected chi connectivity index (χ0v) is 18.5. The fraction of sp³-hybridized carbons (Fsp3) is 0.320. The molecule has 1 saturated carbocycles. The van der Waals surface area contributed by atoms with E-state index >= 15 is 0 Å². The van der Waals surface area contributed by atoms with Crippen molar-refractivity contribution in [2.75, 3.05) is 6.61 Å². The van der Waals surface area contributed by atoms with Gasteiger partial charge in [0.25, 0.3) is 5.91 Å². The zero-order valence-electron chi connectivity index (χ0n) is 17.7. The number of halogens is 1. The molecule has 2 amide bonds. The molecule has 0 radical (unpaired) electrons. The van der Waals surface area contributed by atoms with Crippen molar-refractivity contribution >= 4 is 29.6 Å². The average molecular weight is 452 g/mol. The summed E-state index contributed by atoms with van der Waals surface area (Å²) >= 11 is 6.39. The van der Waals surface area contributed by atoms with Crippen molar-refractivity contribution in [1.29, 1.82) is 5.41 Å². The predicted molar refractivity (Wildman–Crippen MR) is 125 cm³/mol. The molecule has 1 fully saturated rings. The first-order chi connectivity index (χ1) is 15.5. The summed E-state index contributed by atoms with van der Waals surface area (Å²) in [5.41, 5.74) is 1.70. The largest absolute Gasteiger partial charge is 0.488 e. The van der Waals surface area contributed by atoms with Gasteiger partial charge in [-0.3, -0.25) is 9.59 Å². The van der Waals surface area contributed by atoms with Gasteiger partial charge in [-0.1, -0.05) is 48.0 Å². The highest BCUT2D eigenvalue weighted by Gasteiger charge is 2.43. The molecule has 3 aliphatic rings. The Morgan fingerprint density at radius 3 is 2.78 bits per heavy atom. The molecule has 0 spiro atoms. The third kappa shape index (κ3) is 5.19. The molecule has 0 unspecified atom stereocenters. The fourth-order valence-corrected chi connectivity index (χ4v) is 4.02. The molecule has 7 heteroatoms. The van der Waals surface area contributed by atoms with Crippen LogP contribution in [0, 0.1) is 5.41 Å². The van der Waals surface area contributed by atoms with E-state index in [-0.39, 0.29) is 18.2 Å². The van der Waals surface area contributed by atoms with E-state index in [1.54, 1.807) is 18.2 Å². The Hall–Kier alpha value is -3.12. The highest BCUT2D eigenvalue weighted by molar-refractivity contribution is 6.32. The van der Waals surface area contributed by atoms with Crippen molar-refractivity contribution in [1.82, 2.24) is 10.6 Å². The van der Waals surface area contributed by atoms with Gasteiger partial charge in [0, 0.05) is 18.2 Å². The van der Waals surface area contributed by atoms with Crippen LogP contribution in [0.4, 0.5) is 0 Å². The normalized spacial score (nSPS) is 20.9. The molecule has 166 valence electrons. The summed E-state index contributed by atoms with van der Waals surface area (Å²) in [7, 11) is 0. The molecule has 0 aromatic heterocycles. The Balaban J connectivity index is 1.65. The Morgan fingerprint density at radius 1 is 1.22 bits per heavy atom. The number of hydrogen-bond acceptors (Lipinski definition) is 4. The van der Waals surface area contributed by atoms with Crippen molar-refractivity contribution in [3.63, 3.8) is 0 Å². The van der Waals surface area contributed by atoms with E-state index in [4.69, 9.17) is 21.7 Å². The zero-order chi connectivity index (χ0) is 22.6. The number of nitrogens with one attached hydrogen (secondary N) is 3. The summed E-state index contributed by atoms with van der Waals surface area (Å²) in [6, 6.07) is 12.0. The van der Waals surface area contributed by atoms with Gasteiger partial charge in [0.2, 0.25) is 5.91 Å². The number of fused-ring (bicyclic) bond motifs is 9. The van der Waals surface area contributed by atoms with Gasteiger partial charge < -0.3 is 20.8 Å². The number of rotatable bonds is 3. The van der Waals surface area contributed by atoms with Crippen LogP contribution in [0.25, 0.3) is 0 Å². The first-order valence-corrected chi connectivity index (χ1v) is 11.2. The number of allylic oxidation sites excluding steroid dienone is 1. The molecule has 2 aromatic rings. The Labute approximate surface area is 192 Å². The fourth-order valence-electron chi connectivity index (χ4n) is 3.76. The van der Waals surface area contributed by atoms with Gasteiger partial charge in [-0.25, -0.2) is 0 Å². The third-order valence-corrected chi connectivity index (χ3v) is 6.13. The summed E-state index contributed by atoms with van der Waals surface area (Å²) in [6.07, 6.45) is 8.42. The van der Waals surface area contributed by atoms with Crippen LogP contribution < -0.4 is 15.4 Å². The number of carbonyl (C=O) groups is 2. The predicted octanol–water partition coefficient (Wildman–Crippen LogP) is 3.86. The molecular formula is C25H26ClN3O3. The Bertz CT molecular complexity index is 1060. The highest BCUT2D eigenvalue weighted by atomic mass is 35.5. The minimum absolute atomic E-state index is 0.272. The topological polar surface area (TPSA) is 91.3 Å². The summed E-state index contributed by atoms with van der Waals surface area (Å²) in [5, 5.41) is 13.9. The first-order valence-electron chi connectivity index (χ1n) is 10.8. The van der Waals surface area contributed by atoms with Crippen molar-refractivity contribution in [2.45, 2.75) is 43.7 Å². The summed E-state index contributed by atoms with van der Waals surface area (Å²) in [4.78, 5) is 26.3. The van der Waals surface area contributed by atoms with E-state index in [1.165, 1.54) is 6.21 Å². The van der Waals surface area contributed by atoms with E-state index in [1.807, 2.05) is 36.4 Å². The molecule has 0 saturated heterocycles. The number of benzene rings is 2. The lowest BCUT2D eigenvalue weighted by Gasteiger charge is -2.22. The molecule has 6 nitrogen and oxygen atoms in total. The van der Waals surface area contributed by atoms with Crippen LogP contribution in [-0.4, -0.2) is 36.2 Å². The smallest absolute Gasteiger partial charge is 0.252 e.